The fourth-order valence-electron chi connectivity index (χ4n) is 15.0. The third-order valence-corrected chi connectivity index (χ3v) is 18.3. The minimum atomic E-state index is -0.102. The van der Waals surface area contributed by atoms with E-state index in [1.807, 2.05) is 0 Å². The van der Waals surface area contributed by atoms with Gasteiger partial charge in [0.05, 0.1) is 5.69 Å². The predicted octanol–water partition coefficient (Wildman–Crippen LogP) is 15.1. The molecule has 10 aromatic carbocycles. The number of benzene rings is 10. The average Bonchev–Trinajstić information content (AvgIpc) is 3.69. The van der Waals surface area contributed by atoms with Gasteiger partial charge < -0.3 is 29.2 Å². The topological polar surface area (TPSA) is 25.4 Å². The lowest BCUT2D eigenvalue weighted by molar-refractivity contribution is 0.339. The molecule has 0 atom stereocenters. The molecule has 8 heteroatoms. The van der Waals surface area contributed by atoms with Crippen molar-refractivity contribution in [1.82, 2.24) is 0 Å². The molecule has 2 fully saturated rings. The van der Waals surface area contributed by atoms with Crippen molar-refractivity contribution in [1.29, 1.82) is 0 Å². The Labute approximate surface area is 471 Å². The SMILES string of the molecule is c1ccc(N(c2ccccc2)c2cc3c4c(c2)N(c2ccccc2)c2cc5c(cc2B4c2ccccc2N3c2ccccc2)B2c3ccccc3N(c3ccccc3)c3cc(N(C4CCCCC4)C4CCCCC4)cc(c32)O5)cc1. The van der Waals surface area contributed by atoms with Gasteiger partial charge in [-0.15, -0.1) is 0 Å². The minimum Gasteiger partial charge on any atom is -0.458 e. The second kappa shape index (κ2) is 19.5. The first kappa shape index (κ1) is 47.2. The molecule has 16 rings (SSSR count). The Hall–Kier alpha value is -8.87. The van der Waals surface area contributed by atoms with E-state index in [1.54, 1.807) is 0 Å². The second-order valence-electron chi connectivity index (χ2n) is 22.8. The van der Waals surface area contributed by atoms with Gasteiger partial charge in [-0.05, 0) is 149 Å². The third-order valence-electron chi connectivity index (χ3n) is 18.3. The summed E-state index contributed by atoms with van der Waals surface area (Å²) in [6.07, 6.45) is 12.8. The Bertz CT molecular complexity index is 3890. The first-order valence-electron chi connectivity index (χ1n) is 29.4. The smallest absolute Gasteiger partial charge is 0.256 e. The Morgan fingerprint density at radius 3 is 1.23 bits per heavy atom. The summed E-state index contributed by atoms with van der Waals surface area (Å²) in [4.78, 5) is 12.9. The molecule has 0 amide bonds. The fourth-order valence-corrected chi connectivity index (χ4v) is 15.0. The number of hydrogen-bond acceptors (Lipinski definition) is 6. The van der Waals surface area contributed by atoms with E-state index in [-0.39, 0.29) is 13.4 Å². The van der Waals surface area contributed by atoms with Crippen molar-refractivity contribution in [2.45, 2.75) is 76.3 Å². The lowest BCUT2D eigenvalue weighted by Gasteiger charge is -2.46. The summed E-state index contributed by atoms with van der Waals surface area (Å²) in [7, 11) is 0. The highest BCUT2D eigenvalue weighted by Gasteiger charge is 2.48. The largest absolute Gasteiger partial charge is 0.458 e. The lowest BCUT2D eigenvalue weighted by Crippen LogP contribution is -2.64. The van der Waals surface area contributed by atoms with Crippen LogP contribution in [0, 0.1) is 0 Å². The monoisotopic (exact) mass is 1030 g/mol. The zero-order chi connectivity index (χ0) is 52.7. The Morgan fingerprint density at radius 1 is 0.312 bits per heavy atom. The van der Waals surface area contributed by atoms with Crippen molar-refractivity contribution in [3.8, 4) is 11.5 Å². The minimum absolute atomic E-state index is 0.0737. The molecule has 6 nitrogen and oxygen atoms in total. The van der Waals surface area contributed by atoms with Crippen LogP contribution in [0.3, 0.4) is 0 Å². The molecule has 6 aliphatic rings. The van der Waals surface area contributed by atoms with E-state index in [0.29, 0.717) is 12.1 Å². The van der Waals surface area contributed by atoms with E-state index in [4.69, 9.17) is 4.74 Å². The number of hydrogen-bond donors (Lipinski definition) is 0. The van der Waals surface area contributed by atoms with Crippen LogP contribution in [0.2, 0.25) is 0 Å². The second-order valence-corrected chi connectivity index (χ2v) is 22.8. The molecule has 4 heterocycles. The first-order valence-corrected chi connectivity index (χ1v) is 29.4. The number of anilines is 13. The van der Waals surface area contributed by atoms with Crippen molar-refractivity contribution >= 4 is 120 Å². The van der Waals surface area contributed by atoms with Gasteiger partial charge in [0.2, 0.25) is 0 Å². The van der Waals surface area contributed by atoms with Gasteiger partial charge in [-0.25, -0.2) is 0 Å². The highest BCUT2D eigenvalue weighted by molar-refractivity contribution is 7.02. The molecular formula is C72H61B2N5O. The van der Waals surface area contributed by atoms with Crippen LogP contribution in [-0.2, 0) is 0 Å². The molecule has 0 unspecified atom stereocenters. The van der Waals surface area contributed by atoms with Crippen molar-refractivity contribution < 1.29 is 4.74 Å². The van der Waals surface area contributed by atoms with Gasteiger partial charge in [-0.1, -0.05) is 172 Å². The van der Waals surface area contributed by atoms with Crippen LogP contribution in [0.5, 0.6) is 11.5 Å². The van der Waals surface area contributed by atoms with E-state index in [1.165, 1.54) is 120 Å². The molecule has 386 valence electrons. The molecule has 2 aliphatic carbocycles. The van der Waals surface area contributed by atoms with Gasteiger partial charge in [0.15, 0.2) is 0 Å². The maximum absolute atomic E-state index is 7.76. The molecule has 10 aromatic rings. The van der Waals surface area contributed by atoms with Crippen molar-refractivity contribution in [3.05, 3.63) is 237 Å². The molecule has 0 radical (unpaired) electrons. The molecule has 4 aliphatic heterocycles. The Kier molecular flexibility index (Phi) is 11.5. The van der Waals surface area contributed by atoms with Crippen LogP contribution in [-0.4, -0.2) is 25.5 Å². The standard InChI is InChI=1S/C72H61B2N5O/c1-8-26-50(27-9-1)75(51-28-10-2-11-29-51)57-44-66-71-67(45-57)79(56-38-20-7-21-39-56)65-49-69-62(48-61(65)73(71)59-40-22-24-42-63(59)77(66)54-34-16-5-17-35-54)74-60-41-23-25-43-64(60)78(55-36-18-6-19-37-55)68-46-58(47-70(80-69)72(68)74)76(52-30-12-3-13-31-52)53-32-14-4-15-33-53/h1-2,5-11,16-29,34-49,52-53H,3-4,12-15,30-33H2. The number of nitrogens with zero attached hydrogens (tertiary/aromatic N) is 5. The van der Waals surface area contributed by atoms with E-state index < -0.39 is 0 Å². The predicted molar refractivity (Wildman–Crippen MR) is 337 cm³/mol. The van der Waals surface area contributed by atoms with Crippen LogP contribution in [0.15, 0.2) is 237 Å². The number of para-hydroxylation sites is 7. The summed E-state index contributed by atoms with van der Waals surface area (Å²) in [5.41, 5.74) is 22.6. The lowest BCUT2D eigenvalue weighted by atomic mass is 9.30. The van der Waals surface area contributed by atoms with Gasteiger partial charge in [0, 0.05) is 92.5 Å². The zero-order valence-corrected chi connectivity index (χ0v) is 45.0. The van der Waals surface area contributed by atoms with E-state index in [9.17, 15) is 0 Å². The highest BCUT2D eigenvalue weighted by Crippen LogP contribution is 2.50. The summed E-state index contributed by atoms with van der Waals surface area (Å²) >= 11 is 0. The van der Waals surface area contributed by atoms with E-state index in [0.717, 1.165) is 62.7 Å². The van der Waals surface area contributed by atoms with Crippen molar-refractivity contribution in [2.75, 3.05) is 24.5 Å². The normalized spacial score (nSPS) is 15.9. The maximum Gasteiger partial charge on any atom is 0.256 e. The Morgan fingerprint density at radius 2 is 0.725 bits per heavy atom. The number of fused-ring (bicyclic) bond motifs is 8. The molecule has 0 saturated heterocycles. The maximum atomic E-state index is 7.76. The van der Waals surface area contributed by atoms with Crippen LogP contribution >= 0.6 is 0 Å². The summed E-state index contributed by atoms with van der Waals surface area (Å²) < 4.78 is 7.76. The molecule has 0 aromatic heterocycles. The van der Waals surface area contributed by atoms with Crippen molar-refractivity contribution in [3.63, 3.8) is 0 Å². The van der Waals surface area contributed by atoms with Crippen LogP contribution in [0.25, 0.3) is 0 Å². The number of rotatable bonds is 9. The number of ether oxygens (including phenoxy) is 1. The van der Waals surface area contributed by atoms with E-state index in [2.05, 4.69) is 261 Å². The molecular weight excluding hydrogens is 972 g/mol. The summed E-state index contributed by atoms with van der Waals surface area (Å²) in [5.74, 6) is 1.89. The van der Waals surface area contributed by atoms with Gasteiger partial charge in [-0.2, -0.15) is 0 Å². The molecule has 0 bridgehead atoms. The van der Waals surface area contributed by atoms with Crippen molar-refractivity contribution in [2.24, 2.45) is 0 Å². The highest BCUT2D eigenvalue weighted by atomic mass is 16.5. The molecule has 0 spiro atoms. The average molecular weight is 1030 g/mol. The third kappa shape index (κ3) is 7.63. The van der Waals surface area contributed by atoms with Crippen LogP contribution in [0.4, 0.5) is 73.9 Å². The summed E-state index contributed by atoms with van der Waals surface area (Å²) in [6, 6.07) is 89.0. The first-order chi connectivity index (χ1) is 39.7. The zero-order valence-electron chi connectivity index (χ0n) is 45.0. The summed E-state index contributed by atoms with van der Waals surface area (Å²) in [6.45, 7) is -0.176. The van der Waals surface area contributed by atoms with Crippen LogP contribution < -0.4 is 62.0 Å². The Balaban J connectivity index is 0.967. The van der Waals surface area contributed by atoms with E-state index >= 15 is 0 Å². The van der Waals surface area contributed by atoms with Gasteiger partial charge in [-0.3, -0.25) is 0 Å². The molecule has 2 saturated carbocycles. The van der Waals surface area contributed by atoms with Gasteiger partial charge in [0.1, 0.15) is 11.5 Å². The molecule has 0 N–H and O–H groups in total. The van der Waals surface area contributed by atoms with Gasteiger partial charge >= 0.3 is 0 Å². The molecule has 80 heavy (non-hydrogen) atoms. The van der Waals surface area contributed by atoms with Crippen LogP contribution in [0.1, 0.15) is 64.2 Å². The van der Waals surface area contributed by atoms with Gasteiger partial charge in [0.25, 0.3) is 13.4 Å². The fraction of sp³-hybridized carbons (Fsp3) is 0.167. The quantitative estimate of drug-likeness (QED) is 0.134. The summed E-state index contributed by atoms with van der Waals surface area (Å²) in [5, 5.41) is 0.